The van der Waals surface area contributed by atoms with Crippen LogP contribution in [0.1, 0.15) is 19.6 Å². The molecule has 0 unspecified atom stereocenters. The Morgan fingerprint density at radius 3 is 2.60 bits per heavy atom. The molecule has 1 aliphatic rings. The summed E-state index contributed by atoms with van der Waals surface area (Å²) >= 11 is 2.15. The standard InChI is InChI=1S/C26H28N6O.CH3I/c1-17(2)32-10-8-31(9-11-32)16-19-14-28-26(33-19)22-12-18(13-25-23(22)15-29-30-25)20-4-3-5-24-21(20)6-7-27-24;1-2/h3-7,12-15,17,27H,8-11,16H2,1-2H3,(H,29,30);1H3. The fraction of sp³-hybridized carbons (Fsp3) is 0.333. The monoisotopic (exact) mass is 582 g/mol. The smallest absolute Gasteiger partial charge is 0.227 e. The van der Waals surface area contributed by atoms with Gasteiger partial charge in [0.05, 0.1) is 24.5 Å². The van der Waals surface area contributed by atoms with E-state index >= 15 is 0 Å². The van der Waals surface area contributed by atoms with Gasteiger partial charge in [-0.2, -0.15) is 5.10 Å². The van der Waals surface area contributed by atoms with Crippen LogP contribution in [0.15, 0.2) is 59.4 Å². The van der Waals surface area contributed by atoms with Gasteiger partial charge in [0.1, 0.15) is 5.76 Å². The average molecular weight is 582 g/mol. The second-order valence-corrected chi connectivity index (χ2v) is 9.14. The molecule has 0 atom stereocenters. The zero-order valence-corrected chi connectivity index (χ0v) is 22.5. The summed E-state index contributed by atoms with van der Waals surface area (Å²) in [7, 11) is 0. The number of aromatic nitrogens is 4. The van der Waals surface area contributed by atoms with Crippen molar-refractivity contribution in [2.45, 2.75) is 26.4 Å². The predicted octanol–water partition coefficient (Wildman–Crippen LogP) is 5.94. The highest BCUT2D eigenvalue weighted by Crippen LogP contribution is 2.35. The van der Waals surface area contributed by atoms with Crippen LogP contribution in [0.4, 0.5) is 0 Å². The Kier molecular flexibility index (Phi) is 7.22. The van der Waals surface area contributed by atoms with E-state index in [0.717, 1.165) is 66.0 Å². The van der Waals surface area contributed by atoms with Crippen molar-refractivity contribution in [3.05, 3.63) is 60.7 Å². The lowest BCUT2D eigenvalue weighted by Gasteiger charge is -2.36. The first-order valence-corrected chi connectivity index (χ1v) is 14.1. The molecule has 7 nitrogen and oxygen atoms in total. The van der Waals surface area contributed by atoms with Gasteiger partial charge in [0.15, 0.2) is 0 Å². The zero-order chi connectivity index (χ0) is 24.4. The van der Waals surface area contributed by atoms with Crippen LogP contribution in [0.25, 0.3) is 44.4 Å². The Labute approximate surface area is 219 Å². The number of nitrogens with one attached hydrogen (secondary N) is 2. The van der Waals surface area contributed by atoms with Crippen LogP contribution in [0.5, 0.6) is 0 Å². The first kappa shape index (κ1) is 24.0. The van der Waals surface area contributed by atoms with E-state index in [-0.39, 0.29) is 0 Å². The van der Waals surface area contributed by atoms with Crippen LogP contribution in [0, 0.1) is 0 Å². The molecule has 0 spiro atoms. The van der Waals surface area contributed by atoms with Gasteiger partial charge in [-0.15, -0.1) is 0 Å². The molecule has 0 saturated carbocycles. The molecular formula is C27H31IN6O. The van der Waals surface area contributed by atoms with Crippen LogP contribution in [0.2, 0.25) is 0 Å². The number of alkyl halides is 1. The van der Waals surface area contributed by atoms with E-state index in [1.54, 1.807) is 0 Å². The van der Waals surface area contributed by atoms with Crippen LogP contribution in [-0.4, -0.2) is 67.1 Å². The summed E-state index contributed by atoms with van der Waals surface area (Å²) in [4.78, 5) is 14.9. The number of hydrogen-bond acceptors (Lipinski definition) is 5. The van der Waals surface area contributed by atoms with Crippen molar-refractivity contribution < 1.29 is 4.42 Å². The molecule has 8 heteroatoms. The number of benzene rings is 2. The summed E-state index contributed by atoms with van der Waals surface area (Å²) in [6.07, 6.45) is 5.70. The molecule has 1 aliphatic heterocycles. The lowest BCUT2D eigenvalue weighted by molar-refractivity contribution is 0.0992. The van der Waals surface area contributed by atoms with Gasteiger partial charge in [0.2, 0.25) is 5.89 Å². The number of hydrogen-bond donors (Lipinski definition) is 2. The molecule has 1 fully saturated rings. The molecule has 35 heavy (non-hydrogen) atoms. The Bertz CT molecular complexity index is 1410. The molecule has 0 amide bonds. The third-order valence-electron chi connectivity index (χ3n) is 6.77. The van der Waals surface area contributed by atoms with Crippen molar-refractivity contribution in [1.29, 1.82) is 0 Å². The fourth-order valence-electron chi connectivity index (χ4n) is 4.88. The minimum absolute atomic E-state index is 0.603. The van der Waals surface area contributed by atoms with E-state index in [9.17, 15) is 0 Å². The Morgan fingerprint density at radius 1 is 0.971 bits per heavy atom. The van der Waals surface area contributed by atoms with E-state index in [1.807, 2.05) is 23.5 Å². The molecule has 0 bridgehead atoms. The normalized spacial score (nSPS) is 15.1. The first-order chi connectivity index (χ1) is 17.2. The molecular weight excluding hydrogens is 551 g/mol. The molecule has 6 rings (SSSR count). The summed E-state index contributed by atoms with van der Waals surface area (Å²) in [5.41, 5.74) is 5.33. The highest BCUT2D eigenvalue weighted by Gasteiger charge is 2.21. The number of H-pyrrole nitrogens is 2. The number of fused-ring (bicyclic) bond motifs is 2. The summed E-state index contributed by atoms with van der Waals surface area (Å²) in [5.74, 6) is 1.54. The number of halogens is 1. The second-order valence-electron chi connectivity index (χ2n) is 9.14. The molecule has 4 heterocycles. The molecule has 2 aromatic carbocycles. The van der Waals surface area contributed by atoms with E-state index < -0.39 is 0 Å². The number of nitrogens with zero attached hydrogens (tertiary/aromatic N) is 4. The lowest BCUT2D eigenvalue weighted by atomic mass is 9.98. The highest BCUT2D eigenvalue weighted by molar-refractivity contribution is 14.1. The van der Waals surface area contributed by atoms with Gasteiger partial charge < -0.3 is 9.40 Å². The Balaban J connectivity index is 0.00000124. The number of oxazole rings is 1. The second kappa shape index (κ2) is 10.5. The van der Waals surface area contributed by atoms with Crippen LogP contribution < -0.4 is 0 Å². The molecule has 0 aliphatic carbocycles. The van der Waals surface area contributed by atoms with Crippen molar-refractivity contribution >= 4 is 44.4 Å². The zero-order valence-electron chi connectivity index (χ0n) is 20.4. The Hall–Kier alpha value is -2.69. The fourth-order valence-corrected chi connectivity index (χ4v) is 4.88. The highest BCUT2D eigenvalue weighted by atomic mass is 127. The van der Waals surface area contributed by atoms with Crippen molar-refractivity contribution in [3.63, 3.8) is 0 Å². The minimum atomic E-state index is 0.603. The van der Waals surface area contributed by atoms with Crippen molar-refractivity contribution in [2.75, 3.05) is 31.1 Å². The molecule has 3 aromatic heterocycles. The Morgan fingerprint density at radius 2 is 1.80 bits per heavy atom. The largest absolute Gasteiger partial charge is 0.440 e. The maximum absolute atomic E-state index is 6.27. The minimum Gasteiger partial charge on any atom is -0.440 e. The molecule has 5 aromatic rings. The van der Waals surface area contributed by atoms with Gasteiger partial charge in [0.25, 0.3) is 0 Å². The maximum atomic E-state index is 6.27. The quantitative estimate of drug-likeness (QED) is 0.198. The average Bonchev–Trinajstić information content (AvgIpc) is 3.65. The van der Waals surface area contributed by atoms with Crippen LogP contribution in [0.3, 0.4) is 0 Å². The van der Waals surface area contributed by atoms with Gasteiger partial charge in [-0.1, -0.05) is 34.7 Å². The molecule has 1 saturated heterocycles. The first-order valence-electron chi connectivity index (χ1n) is 12.0. The van der Waals surface area contributed by atoms with Crippen molar-refractivity contribution in [3.8, 4) is 22.6 Å². The maximum Gasteiger partial charge on any atom is 0.227 e. The summed E-state index contributed by atoms with van der Waals surface area (Å²) in [6, 6.07) is 13.3. The lowest BCUT2D eigenvalue weighted by Crippen LogP contribution is -2.48. The number of aromatic amines is 2. The third kappa shape index (κ3) is 4.87. The van der Waals surface area contributed by atoms with Gasteiger partial charge >= 0.3 is 0 Å². The summed E-state index contributed by atoms with van der Waals surface area (Å²) in [5, 5.41) is 9.61. The predicted molar refractivity (Wildman–Crippen MR) is 151 cm³/mol. The van der Waals surface area contributed by atoms with Gasteiger partial charge in [0, 0.05) is 60.3 Å². The SMILES string of the molecule is CC(C)N1CCN(Cc2cnc(-c3cc(-c4cccc5[nH]ccc45)cc4[nH]ncc34)o2)CC1.CI. The van der Waals surface area contributed by atoms with Crippen molar-refractivity contribution in [1.82, 2.24) is 30.0 Å². The van der Waals surface area contributed by atoms with Crippen LogP contribution >= 0.6 is 22.6 Å². The summed E-state index contributed by atoms with van der Waals surface area (Å²) < 4.78 is 6.27. The van der Waals surface area contributed by atoms with Crippen LogP contribution in [-0.2, 0) is 6.54 Å². The molecule has 182 valence electrons. The van der Waals surface area contributed by atoms with Crippen molar-refractivity contribution in [2.24, 2.45) is 0 Å². The third-order valence-corrected chi connectivity index (χ3v) is 6.77. The molecule has 2 N–H and O–H groups in total. The van der Waals surface area contributed by atoms with Gasteiger partial charge in [-0.3, -0.25) is 14.9 Å². The van der Waals surface area contributed by atoms with E-state index in [4.69, 9.17) is 4.42 Å². The number of rotatable bonds is 5. The van der Waals surface area contributed by atoms with E-state index in [1.165, 1.54) is 10.9 Å². The topological polar surface area (TPSA) is 77.0 Å². The van der Waals surface area contributed by atoms with Gasteiger partial charge in [-0.05, 0) is 54.2 Å². The number of piperazine rings is 1. The van der Waals surface area contributed by atoms with E-state index in [2.05, 4.69) is 103 Å². The molecule has 0 radical (unpaired) electrons. The van der Waals surface area contributed by atoms with E-state index in [0.29, 0.717) is 11.9 Å². The summed E-state index contributed by atoms with van der Waals surface area (Å²) in [6.45, 7) is 9.61. The van der Waals surface area contributed by atoms with Gasteiger partial charge in [-0.25, -0.2) is 4.98 Å².